The average Bonchev–Trinajstić information content (AvgIpc) is 3.07. The maximum atomic E-state index is 6.62. The number of anilines is 1. The highest BCUT2D eigenvalue weighted by Crippen LogP contribution is 2.38. The van der Waals surface area contributed by atoms with Crippen LogP contribution >= 0.6 is 22.9 Å². The Morgan fingerprint density at radius 3 is 2.61 bits per heavy atom. The van der Waals surface area contributed by atoms with Crippen molar-refractivity contribution in [1.82, 2.24) is 9.97 Å². The lowest BCUT2D eigenvalue weighted by Gasteiger charge is -2.20. The zero-order valence-corrected chi connectivity index (χ0v) is 18.2. The van der Waals surface area contributed by atoms with E-state index in [0.29, 0.717) is 40.4 Å². The molecule has 3 N–H and O–H groups in total. The summed E-state index contributed by atoms with van der Waals surface area (Å²) in [7, 11) is 1.63. The van der Waals surface area contributed by atoms with E-state index in [2.05, 4.69) is 24.1 Å². The summed E-state index contributed by atoms with van der Waals surface area (Å²) < 4.78 is 11.4. The molecule has 0 saturated carbocycles. The molecule has 0 aliphatic heterocycles. The molecule has 8 heteroatoms. The maximum absolute atomic E-state index is 6.62. The number of aromatic nitrogens is 2. The van der Waals surface area contributed by atoms with Crippen LogP contribution in [0, 0.1) is 0 Å². The number of halogens is 1. The Morgan fingerprint density at radius 1 is 1.21 bits per heavy atom. The summed E-state index contributed by atoms with van der Waals surface area (Å²) >= 11 is 8.15. The first kappa shape index (κ1) is 20.6. The van der Waals surface area contributed by atoms with E-state index in [9.17, 15) is 0 Å². The highest BCUT2D eigenvalue weighted by Gasteiger charge is 2.18. The number of nitrogens with two attached hydrogens (primary N) is 1. The second kappa shape index (κ2) is 8.11. The number of nitrogens with zero attached hydrogens (tertiary/aromatic N) is 2. The number of benzene rings is 1. The second-order valence-electron chi connectivity index (χ2n) is 7.60. The van der Waals surface area contributed by atoms with Gasteiger partial charge in [-0.25, -0.2) is 9.97 Å². The van der Waals surface area contributed by atoms with Crippen molar-refractivity contribution in [2.45, 2.75) is 39.3 Å². The van der Waals surface area contributed by atoms with Crippen molar-refractivity contribution >= 4 is 39.0 Å². The summed E-state index contributed by atoms with van der Waals surface area (Å²) in [6.45, 7) is 8.27. The zero-order valence-electron chi connectivity index (χ0n) is 16.7. The van der Waals surface area contributed by atoms with Gasteiger partial charge in [0.05, 0.1) is 18.3 Å². The average molecular weight is 421 g/mol. The summed E-state index contributed by atoms with van der Waals surface area (Å²) in [5, 5.41) is 7.35. The molecule has 3 rings (SSSR count). The van der Waals surface area contributed by atoms with Crippen LogP contribution in [0.5, 0.6) is 11.5 Å². The number of methoxy groups -OCH3 is 1. The monoisotopic (exact) mass is 420 g/mol. The van der Waals surface area contributed by atoms with Crippen LogP contribution in [0.15, 0.2) is 23.6 Å². The van der Waals surface area contributed by atoms with Crippen LogP contribution in [-0.4, -0.2) is 35.3 Å². The first-order chi connectivity index (χ1) is 13.2. The number of hydrogen-bond donors (Lipinski definition) is 2. The number of pyridine rings is 1. The number of thiazole rings is 1. The van der Waals surface area contributed by atoms with Gasteiger partial charge in [0, 0.05) is 28.4 Å². The fraction of sp³-hybridized carbons (Fsp3) is 0.400. The Kier molecular flexibility index (Phi) is 5.98. The third-order valence-corrected chi connectivity index (χ3v) is 4.98. The predicted molar refractivity (Wildman–Crippen MR) is 117 cm³/mol. The summed E-state index contributed by atoms with van der Waals surface area (Å²) in [6, 6.07) is 5.88. The van der Waals surface area contributed by atoms with Crippen LogP contribution in [-0.2, 0) is 0 Å². The lowest BCUT2D eigenvalue weighted by molar-refractivity contribution is 0.243. The van der Waals surface area contributed by atoms with Crippen molar-refractivity contribution in [1.29, 1.82) is 0 Å². The predicted octanol–water partition coefficient (Wildman–Crippen LogP) is 4.96. The normalized spacial score (nSPS) is 11.9. The van der Waals surface area contributed by atoms with E-state index in [1.807, 2.05) is 37.4 Å². The Bertz CT molecular complexity index is 982. The Hall–Kier alpha value is -2.09. The summed E-state index contributed by atoms with van der Waals surface area (Å²) in [5.74, 6) is 1.22. The van der Waals surface area contributed by atoms with Crippen molar-refractivity contribution in [3.05, 3.63) is 28.6 Å². The molecule has 2 aromatic heterocycles. The van der Waals surface area contributed by atoms with Crippen molar-refractivity contribution in [2.24, 2.45) is 5.73 Å². The quantitative estimate of drug-likeness (QED) is 0.562. The molecule has 0 fully saturated rings. The molecule has 0 spiro atoms. The molecule has 0 amide bonds. The number of hydrogen-bond acceptors (Lipinski definition) is 7. The van der Waals surface area contributed by atoms with Crippen LogP contribution < -0.4 is 20.5 Å². The van der Waals surface area contributed by atoms with Crippen molar-refractivity contribution in [3.63, 3.8) is 0 Å². The number of rotatable bonds is 7. The highest BCUT2D eigenvalue weighted by molar-refractivity contribution is 7.14. The van der Waals surface area contributed by atoms with E-state index in [-0.39, 0.29) is 0 Å². The molecule has 0 unspecified atom stereocenters. The number of fused-ring (bicyclic) bond motifs is 1. The van der Waals surface area contributed by atoms with Gasteiger partial charge in [-0.05, 0) is 39.8 Å². The maximum Gasteiger partial charge on any atom is 0.183 e. The van der Waals surface area contributed by atoms with E-state index in [1.54, 1.807) is 7.11 Å². The van der Waals surface area contributed by atoms with Gasteiger partial charge in [-0.15, -0.1) is 11.3 Å². The molecule has 0 saturated heterocycles. The minimum Gasteiger partial charge on any atom is -0.496 e. The highest BCUT2D eigenvalue weighted by atomic mass is 35.5. The van der Waals surface area contributed by atoms with Gasteiger partial charge in [0.1, 0.15) is 28.8 Å². The molecule has 0 aliphatic carbocycles. The molecule has 0 bridgehead atoms. The minimum absolute atomic E-state index is 0.305. The van der Waals surface area contributed by atoms with E-state index in [1.165, 1.54) is 11.3 Å². The molecule has 0 radical (unpaired) electrons. The molecule has 0 atom stereocenters. The van der Waals surface area contributed by atoms with Crippen LogP contribution in [0.1, 0.15) is 27.7 Å². The first-order valence-electron chi connectivity index (χ1n) is 8.99. The van der Waals surface area contributed by atoms with Crippen molar-refractivity contribution in [2.75, 3.05) is 19.0 Å². The fourth-order valence-electron chi connectivity index (χ4n) is 2.59. The smallest absolute Gasteiger partial charge is 0.183 e. The molecule has 1 aromatic carbocycles. The van der Waals surface area contributed by atoms with E-state index < -0.39 is 5.54 Å². The third kappa shape index (κ3) is 4.66. The van der Waals surface area contributed by atoms with Crippen molar-refractivity contribution in [3.8, 4) is 22.9 Å². The Balaban J connectivity index is 2.05. The summed E-state index contributed by atoms with van der Waals surface area (Å²) in [6.07, 6.45) is 0. The van der Waals surface area contributed by atoms with Crippen LogP contribution in [0.2, 0.25) is 5.02 Å². The van der Waals surface area contributed by atoms with Gasteiger partial charge < -0.3 is 20.5 Å². The van der Waals surface area contributed by atoms with E-state index in [0.717, 1.165) is 16.2 Å². The lowest BCUT2D eigenvalue weighted by Crippen LogP contribution is -2.38. The van der Waals surface area contributed by atoms with Gasteiger partial charge in [-0.1, -0.05) is 11.6 Å². The van der Waals surface area contributed by atoms with E-state index in [4.69, 9.17) is 31.8 Å². The lowest BCUT2D eigenvalue weighted by atomic mass is 10.1. The van der Waals surface area contributed by atoms with Crippen LogP contribution in [0.4, 0.5) is 5.13 Å². The SMILES string of the molecule is COc1cc(-c2csc(NC(C)C)n2)nc2c(Cl)c(OCC(C)(C)N)ccc12. The second-order valence-corrected chi connectivity index (χ2v) is 8.83. The minimum atomic E-state index is -0.467. The molecule has 3 aromatic rings. The van der Waals surface area contributed by atoms with Gasteiger partial charge in [0.25, 0.3) is 0 Å². The fourth-order valence-corrected chi connectivity index (χ4v) is 3.70. The Labute approximate surface area is 174 Å². The molecule has 0 aliphatic rings. The molecular weight excluding hydrogens is 396 g/mol. The van der Waals surface area contributed by atoms with Gasteiger partial charge >= 0.3 is 0 Å². The van der Waals surface area contributed by atoms with Crippen LogP contribution in [0.25, 0.3) is 22.3 Å². The van der Waals surface area contributed by atoms with Gasteiger partial charge in [-0.2, -0.15) is 0 Å². The first-order valence-corrected chi connectivity index (χ1v) is 10.2. The standard InChI is InChI=1S/C20H25ClN4O2S/c1-11(2)23-19-25-14(9-28-19)13-8-16(26-5)12-6-7-15(17(21)18(12)24-13)27-10-20(3,4)22/h6-9,11H,10,22H2,1-5H3,(H,23,25). The van der Waals surface area contributed by atoms with Gasteiger partial charge in [0.15, 0.2) is 5.13 Å². The van der Waals surface area contributed by atoms with Gasteiger partial charge in [-0.3, -0.25) is 0 Å². The molecule has 28 heavy (non-hydrogen) atoms. The zero-order chi connectivity index (χ0) is 20.5. The van der Waals surface area contributed by atoms with Crippen LogP contribution in [0.3, 0.4) is 0 Å². The topological polar surface area (TPSA) is 82.3 Å². The molecule has 150 valence electrons. The summed E-state index contributed by atoms with van der Waals surface area (Å²) in [5.41, 5.74) is 7.60. The third-order valence-electron chi connectivity index (χ3n) is 3.84. The summed E-state index contributed by atoms with van der Waals surface area (Å²) in [4.78, 5) is 9.37. The van der Waals surface area contributed by atoms with Gasteiger partial charge in [0.2, 0.25) is 0 Å². The molecular formula is C20H25ClN4O2S. The number of ether oxygens (including phenoxy) is 2. The number of nitrogens with one attached hydrogen (secondary N) is 1. The largest absolute Gasteiger partial charge is 0.496 e. The van der Waals surface area contributed by atoms with E-state index >= 15 is 0 Å². The Morgan fingerprint density at radius 2 is 1.96 bits per heavy atom. The van der Waals surface area contributed by atoms with Crippen molar-refractivity contribution < 1.29 is 9.47 Å². The molecule has 6 nitrogen and oxygen atoms in total. The molecule has 2 heterocycles.